The number of halogens is 1. The van der Waals surface area contributed by atoms with Gasteiger partial charge in [0.25, 0.3) is 11.8 Å². The average Bonchev–Trinajstić information content (AvgIpc) is 2.67. The number of aromatic nitrogens is 1. The maximum atomic E-state index is 13.9. The summed E-state index contributed by atoms with van der Waals surface area (Å²) in [6, 6.07) is 7.25. The smallest absolute Gasteiger partial charge is 0.267 e. The monoisotopic (exact) mass is 373 g/mol. The molecule has 3 rings (SSSR count). The molecule has 0 radical (unpaired) electrons. The highest BCUT2D eigenvalue weighted by Gasteiger charge is 2.26. The van der Waals surface area contributed by atoms with Gasteiger partial charge < -0.3 is 20.1 Å². The molecule has 1 aromatic heterocycles. The lowest BCUT2D eigenvalue weighted by Gasteiger charge is -2.33. The van der Waals surface area contributed by atoms with Crippen molar-refractivity contribution in [3.05, 3.63) is 53.6 Å². The number of carbonyl (C=O) groups is 2. The summed E-state index contributed by atoms with van der Waals surface area (Å²) in [5.41, 5.74) is 5.60. The van der Waals surface area contributed by atoms with E-state index in [0.29, 0.717) is 18.8 Å². The third-order valence-corrected chi connectivity index (χ3v) is 4.35. The van der Waals surface area contributed by atoms with Crippen molar-refractivity contribution in [2.45, 2.75) is 18.9 Å². The van der Waals surface area contributed by atoms with Crippen molar-refractivity contribution in [2.75, 3.05) is 20.2 Å². The highest BCUT2D eigenvalue weighted by atomic mass is 19.1. The Morgan fingerprint density at radius 2 is 2.11 bits per heavy atom. The first-order chi connectivity index (χ1) is 13.0. The van der Waals surface area contributed by atoms with Gasteiger partial charge in [0.15, 0.2) is 11.6 Å². The zero-order chi connectivity index (χ0) is 19.4. The van der Waals surface area contributed by atoms with Gasteiger partial charge in [0, 0.05) is 24.4 Å². The molecule has 0 saturated carbocycles. The Balaban J connectivity index is 1.68. The number of nitrogens with two attached hydrogens (primary N) is 1. The van der Waals surface area contributed by atoms with Crippen molar-refractivity contribution in [3.8, 4) is 11.5 Å². The molecular weight excluding hydrogens is 353 g/mol. The molecule has 1 saturated heterocycles. The molecule has 1 aliphatic heterocycles. The standard InChI is InChI=1S/C19H20FN3O4/c1-26-17-5-4-12(9-15(17)20)19(25)23-8-2-3-14(11-23)27-13-6-7-22-16(10-13)18(21)24/h4-7,9-10,14H,2-3,8,11H2,1H3,(H2,21,24). The Kier molecular flexibility index (Phi) is 5.54. The van der Waals surface area contributed by atoms with Gasteiger partial charge in [-0.15, -0.1) is 0 Å². The van der Waals surface area contributed by atoms with E-state index >= 15 is 0 Å². The molecule has 7 nitrogen and oxygen atoms in total. The summed E-state index contributed by atoms with van der Waals surface area (Å²) in [6.45, 7) is 0.927. The van der Waals surface area contributed by atoms with E-state index in [1.54, 1.807) is 11.0 Å². The SMILES string of the molecule is COc1ccc(C(=O)N2CCCC(Oc3ccnc(C(N)=O)c3)C2)cc1F. The van der Waals surface area contributed by atoms with Gasteiger partial charge in [0.1, 0.15) is 17.5 Å². The van der Waals surface area contributed by atoms with Gasteiger partial charge in [-0.3, -0.25) is 14.6 Å². The van der Waals surface area contributed by atoms with E-state index in [1.807, 2.05) is 0 Å². The van der Waals surface area contributed by atoms with E-state index in [9.17, 15) is 14.0 Å². The number of hydrogen-bond acceptors (Lipinski definition) is 5. The molecule has 1 aromatic carbocycles. The lowest BCUT2D eigenvalue weighted by atomic mass is 10.1. The molecular formula is C19H20FN3O4. The van der Waals surface area contributed by atoms with Crippen LogP contribution in [0.15, 0.2) is 36.5 Å². The van der Waals surface area contributed by atoms with Gasteiger partial charge in [-0.2, -0.15) is 0 Å². The summed E-state index contributed by atoms with van der Waals surface area (Å²) in [5, 5.41) is 0. The van der Waals surface area contributed by atoms with E-state index in [4.69, 9.17) is 15.2 Å². The predicted molar refractivity (Wildman–Crippen MR) is 95.3 cm³/mol. The van der Waals surface area contributed by atoms with Crippen LogP contribution in [0.2, 0.25) is 0 Å². The van der Waals surface area contributed by atoms with Gasteiger partial charge in [-0.25, -0.2) is 4.39 Å². The number of primary amides is 1. The Morgan fingerprint density at radius 1 is 1.30 bits per heavy atom. The number of methoxy groups -OCH3 is 1. The fourth-order valence-electron chi connectivity index (χ4n) is 3.01. The Bertz CT molecular complexity index is 859. The quantitative estimate of drug-likeness (QED) is 0.865. The lowest BCUT2D eigenvalue weighted by Crippen LogP contribution is -2.44. The first kappa shape index (κ1) is 18.6. The summed E-state index contributed by atoms with van der Waals surface area (Å²) < 4.78 is 24.6. The van der Waals surface area contributed by atoms with Crippen molar-refractivity contribution in [2.24, 2.45) is 5.73 Å². The normalized spacial score (nSPS) is 16.7. The second-order valence-electron chi connectivity index (χ2n) is 6.22. The number of hydrogen-bond donors (Lipinski definition) is 1. The molecule has 142 valence electrons. The highest BCUT2D eigenvalue weighted by Crippen LogP contribution is 2.22. The second-order valence-corrected chi connectivity index (χ2v) is 6.22. The molecule has 2 amide bonds. The van der Waals surface area contributed by atoms with Crippen LogP contribution in [0.4, 0.5) is 4.39 Å². The molecule has 2 N–H and O–H groups in total. The number of nitrogens with zero attached hydrogens (tertiary/aromatic N) is 2. The first-order valence-corrected chi connectivity index (χ1v) is 8.53. The maximum Gasteiger partial charge on any atom is 0.267 e. The predicted octanol–water partition coefficient (Wildman–Crippen LogP) is 2.01. The topological polar surface area (TPSA) is 94.8 Å². The molecule has 1 fully saturated rings. The first-order valence-electron chi connectivity index (χ1n) is 8.53. The van der Waals surface area contributed by atoms with Crippen LogP contribution < -0.4 is 15.2 Å². The summed E-state index contributed by atoms with van der Waals surface area (Å²) in [5.74, 6) is -0.924. The number of piperidine rings is 1. The third-order valence-electron chi connectivity index (χ3n) is 4.35. The van der Waals surface area contributed by atoms with Crippen molar-refractivity contribution >= 4 is 11.8 Å². The third kappa shape index (κ3) is 4.33. The van der Waals surface area contributed by atoms with Crippen LogP contribution in [-0.4, -0.2) is 48.0 Å². The van der Waals surface area contributed by atoms with Crippen LogP contribution in [0.25, 0.3) is 0 Å². The highest BCUT2D eigenvalue weighted by molar-refractivity contribution is 5.94. The van der Waals surface area contributed by atoms with Crippen molar-refractivity contribution < 1.29 is 23.5 Å². The zero-order valence-corrected chi connectivity index (χ0v) is 14.9. The van der Waals surface area contributed by atoms with E-state index in [1.165, 1.54) is 37.6 Å². The Morgan fingerprint density at radius 3 is 2.81 bits per heavy atom. The van der Waals surface area contributed by atoms with Crippen LogP contribution >= 0.6 is 0 Å². The lowest BCUT2D eigenvalue weighted by molar-refractivity contribution is 0.0537. The number of ether oxygens (including phenoxy) is 2. The molecule has 0 aliphatic carbocycles. The number of likely N-dealkylation sites (tertiary alicyclic amines) is 1. The maximum absolute atomic E-state index is 13.9. The molecule has 0 bridgehead atoms. The van der Waals surface area contributed by atoms with Crippen molar-refractivity contribution in [1.29, 1.82) is 0 Å². The van der Waals surface area contributed by atoms with Gasteiger partial charge in [0.2, 0.25) is 0 Å². The molecule has 1 atom stereocenters. The summed E-state index contributed by atoms with van der Waals surface area (Å²) in [4.78, 5) is 29.4. The number of pyridine rings is 1. The van der Waals surface area contributed by atoms with Gasteiger partial charge in [-0.1, -0.05) is 0 Å². The minimum atomic E-state index is -0.637. The molecule has 2 heterocycles. The van der Waals surface area contributed by atoms with E-state index in [0.717, 1.165) is 12.8 Å². The van der Waals surface area contributed by atoms with Gasteiger partial charge >= 0.3 is 0 Å². The van der Waals surface area contributed by atoms with Crippen LogP contribution in [0, 0.1) is 5.82 Å². The molecule has 1 unspecified atom stereocenters. The van der Waals surface area contributed by atoms with E-state index in [2.05, 4.69) is 4.98 Å². The Labute approximate surface area is 155 Å². The molecule has 1 aliphatic rings. The largest absolute Gasteiger partial charge is 0.494 e. The van der Waals surface area contributed by atoms with E-state index in [-0.39, 0.29) is 29.0 Å². The number of carbonyl (C=O) groups excluding carboxylic acids is 2. The van der Waals surface area contributed by atoms with Crippen LogP contribution in [0.1, 0.15) is 33.7 Å². The zero-order valence-electron chi connectivity index (χ0n) is 14.9. The molecule has 8 heteroatoms. The minimum absolute atomic E-state index is 0.0920. The van der Waals surface area contributed by atoms with Crippen molar-refractivity contribution in [1.82, 2.24) is 9.88 Å². The summed E-state index contributed by atoms with van der Waals surface area (Å²) >= 11 is 0. The van der Waals surface area contributed by atoms with Crippen LogP contribution in [0.3, 0.4) is 0 Å². The number of amides is 2. The van der Waals surface area contributed by atoms with Gasteiger partial charge in [-0.05, 0) is 37.1 Å². The number of rotatable bonds is 5. The van der Waals surface area contributed by atoms with Gasteiger partial charge in [0.05, 0.1) is 13.7 Å². The van der Waals surface area contributed by atoms with Crippen LogP contribution in [0.5, 0.6) is 11.5 Å². The minimum Gasteiger partial charge on any atom is -0.494 e. The molecule has 0 spiro atoms. The Hall–Kier alpha value is -3.16. The molecule has 2 aromatic rings. The van der Waals surface area contributed by atoms with Crippen LogP contribution in [-0.2, 0) is 0 Å². The van der Waals surface area contributed by atoms with Crippen molar-refractivity contribution in [3.63, 3.8) is 0 Å². The fraction of sp³-hybridized carbons (Fsp3) is 0.316. The van der Waals surface area contributed by atoms with E-state index < -0.39 is 11.7 Å². The average molecular weight is 373 g/mol. The fourth-order valence-corrected chi connectivity index (χ4v) is 3.01. The summed E-state index contributed by atoms with van der Waals surface area (Å²) in [7, 11) is 1.37. The molecule has 27 heavy (non-hydrogen) atoms. The number of benzene rings is 1. The second kappa shape index (κ2) is 8.03. The summed E-state index contributed by atoms with van der Waals surface area (Å²) in [6.07, 6.45) is 2.72.